The average Bonchev–Trinajstić information content (AvgIpc) is 2.71. The Balaban J connectivity index is 1.47. The molecule has 0 unspecified atom stereocenters. The summed E-state index contributed by atoms with van der Waals surface area (Å²) in [5.74, 6) is -0.153. The number of halogens is 1. The van der Waals surface area contributed by atoms with Crippen LogP contribution in [0, 0.1) is 13.8 Å². The number of hydrogen-bond acceptors (Lipinski definition) is 5. The largest absolute Gasteiger partial charge is 0.482 e. The van der Waals surface area contributed by atoms with Crippen LogP contribution in [0.2, 0.25) is 5.15 Å². The van der Waals surface area contributed by atoms with Gasteiger partial charge in [0, 0.05) is 10.9 Å². The van der Waals surface area contributed by atoms with Crippen LogP contribution in [0.25, 0.3) is 10.9 Å². The quantitative estimate of drug-likeness (QED) is 0.397. The molecule has 1 aromatic heterocycles. The van der Waals surface area contributed by atoms with Crippen LogP contribution in [0.4, 0.5) is 5.69 Å². The highest BCUT2D eigenvalue weighted by Crippen LogP contribution is 2.32. The summed E-state index contributed by atoms with van der Waals surface area (Å²) in [7, 11) is 0. The minimum Gasteiger partial charge on any atom is -0.482 e. The van der Waals surface area contributed by atoms with Gasteiger partial charge < -0.3 is 4.74 Å². The number of anilines is 1. The van der Waals surface area contributed by atoms with Crippen molar-refractivity contribution >= 4 is 46.2 Å². The molecule has 1 aliphatic heterocycles. The molecule has 8 heteroatoms. The van der Waals surface area contributed by atoms with Crippen molar-refractivity contribution in [1.29, 1.82) is 0 Å². The molecule has 0 fully saturated rings. The van der Waals surface area contributed by atoms with E-state index in [4.69, 9.17) is 16.3 Å². The van der Waals surface area contributed by atoms with Crippen molar-refractivity contribution in [2.24, 2.45) is 5.10 Å². The van der Waals surface area contributed by atoms with Crippen LogP contribution in [-0.2, 0) is 9.59 Å². The molecule has 1 aliphatic rings. The van der Waals surface area contributed by atoms with E-state index in [1.165, 1.54) is 11.1 Å². The van der Waals surface area contributed by atoms with Crippen molar-refractivity contribution in [2.45, 2.75) is 13.8 Å². The number of aryl methyl sites for hydroxylation is 2. The van der Waals surface area contributed by atoms with Crippen LogP contribution in [-0.4, -0.2) is 36.2 Å². The fraction of sp³-hybridized carbons (Fsp3) is 0.182. The Morgan fingerprint density at radius 2 is 2.00 bits per heavy atom. The van der Waals surface area contributed by atoms with Gasteiger partial charge in [0.05, 0.1) is 17.4 Å². The molecule has 0 spiro atoms. The Hall–Kier alpha value is -3.45. The Morgan fingerprint density at radius 3 is 2.83 bits per heavy atom. The molecule has 30 heavy (non-hydrogen) atoms. The van der Waals surface area contributed by atoms with Crippen molar-refractivity contribution in [3.05, 3.63) is 64.3 Å². The van der Waals surface area contributed by atoms with Gasteiger partial charge in [0.25, 0.3) is 11.8 Å². The van der Waals surface area contributed by atoms with E-state index in [1.807, 2.05) is 50.2 Å². The predicted molar refractivity (Wildman–Crippen MR) is 116 cm³/mol. The molecule has 152 valence electrons. The fourth-order valence-corrected chi connectivity index (χ4v) is 3.41. The van der Waals surface area contributed by atoms with E-state index in [1.54, 1.807) is 6.07 Å². The SMILES string of the molecule is Cc1ccc2c(c1)N(CC(=O)N/N=C/c1cc3cc(C)ccc3nc1Cl)C(=O)CO2. The lowest BCUT2D eigenvalue weighted by Gasteiger charge is -2.28. The van der Waals surface area contributed by atoms with Gasteiger partial charge in [-0.1, -0.05) is 29.3 Å². The van der Waals surface area contributed by atoms with Gasteiger partial charge in [-0.2, -0.15) is 5.10 Å². The maximum atomic E-state index is 12.4. The molecule has 0 atom stereocenters. The summed E-state index contributed by atoms with van der Waals surface area (Å²) in [6, 6.07) is 13.2. The van der Waals surface area contributed by atoms with Gasteiger partial charge in [-0.25, -0.2) is 10.4 Å². The minimum atomic E-state index is -0.435. The van der Waals surface area contributed by atoms with Gasteiger partial charge in [-0.05, 0) is 49.7 Å². The van der Waals surface area contributed by atoms with Crippen LogP contribution in [0.1, 0.15) is 16.7 Å². The maximum Gasteiger partial charge on any atom is 0.265 e. The van der Waals surface area contributed by atoms with Crippen LogP contribution < -0.4 is 15.1 Å². The van der Waals surface area contributed by atoms with Crippen LogP contribution >= 0.6 is 11.6 Å². The van der Waals surface area contributed by atoms with Crippen molar-refractivity contribution in [1.82, 2.24) is 10.4 Å². The summed E-state index contributed by atoms with van der Waals surface area (Å²) < 4.78 is 5.42. The summed E-state index contributed by atoms with van der Waals surface area (Å²) >= 11 is 6.22. The van der Waals surface area contributed by atoms with Gasteiger partial charge in [0.15, 0.2) is 6.61 Å². The lowest BCUT2D eigenvalue weighted by molar-refractivity contribution is -0.125. The molecule has 0 radical (unpaired) electrons. The van der Waals surface area contributed by atoms with E-state index in [-0.39, 0.29) is 24.2 Å². The molecule has 4 rings (SSSR count). The van der Waals surface area contributed by atoms with Gasteiger partial charge in [-0.3, -0.25) is 14.5 Å². The Morgan fingerprint density at radius 1 is 1.23 bits per heavy atom. The number of pyridine rings is 1. The third-order valence-electron chi connectivity index (χ3n) is 4.70. The highest BCUT2D eigenvalue weighted by Gasteiger charge is 2.27. The lowest BCUT2D eigenvalue weighted by Crippen LogP contribution is -2.44. The van der Waals surface area contributed by atoms with Gasteiger partial charge >= 0.3 is 0 Å². The standard InChI is InChI=1S/C22H19ClN4O3/c1-13-3-5-17-15(7-13)9-16(22(23)25-17)10-24-26-20(28)11-27-18-8-14(2)4-6-19(18)30-12-21(27)29/h3-10H,11-12H2,1-2H3,(H,26,28)/b24-10+. The molecule has 3 aromatic rings. The number of fused-ring (bicyclic) bond motifs is 2. The van der Waals surface area contributed by atoms with E-state index < -0.39 is 5.91 Å². The first-order chi connectivity index (χ1) is 14.4. The van der Waals surface area contributed by atoms with E-state index in [9.17, 15) is 9.59 Å². The second kappa shape index (κ2) is 8.12. The van der Waals surface area contributed by atoms with Crippen LogP contribution in [0.15, 0.2) is 47.6 Å². The number of benzene rings is 2. The number of nitrogens with zero attached hydrogens (tertiary/aromatic N) is 3. The molecule has 2 amide bonds. The number of carbonyl (C=O) groups excluding carboxylic acids is 2. The van der Waals surface area contributed by atoms with Crippen molar-refractivity contribution in [3.63, 3.8) is 0 Å². The highest BCUT2D eigenvalue weighted by molar-refractivity contribution is 6.32. The summed E-state index contributed by atoms with van der Waals surface area (Å²) in [4.78, 5) is 30.4. The number of carbonyl (C=O) groups is 2. The zero-order valence-corrected chi connectivity index (χ0v) is 17.2. The number of amides is 2. The zero-order valence-electron chi connectivity index (χ0n) is 16.5. The monoisotopic (exact) mass is 422 g/mol. The summed E-state index contributed by atoms with van der Waals surface area (Å²) in [6.07, 6.45) is 1.44. The summed E-state index contributed by atoms with van der Waals surface area (Å²) in [5, 5.41) is 5.20. The van der Waals surface area contributed by atoms with E-state index in [2.05, 4.69) is 15.5 Å². The number of ether oxygens (including phenoxy) is 1. The van der Waals surface area contributed by atoms with E-state index in [0.29, 0.717) is 17.0 Å². The molecular formula is C22H19ClN4O3. The number of nitrogens with one attached hydrogen (secondary N) is 1. The molecular weight excluding hydrogens is 404 g/mol. The Labute approximate surface area is 178 Å². The fourth-order valence-electron chi connectivity index (χ4n) is 3.22. The first-order valence-corrected chi connectivity index (χ1v) is 9.71. The Bertz CT molecular complexity index is 1190. The summed E-state index contributed by atoms with van der Waals surface area (Å²) in [5.41, 5.74) is 6.45. The van der Waals surface area contributed by atoms with Crippen molar-refractivity contribution in [3.8, 4) is 5.75 Å². The molecule has 0 saturated carbocycles. The van der Waals surface area contributed by atoms with Crippen LogP contribution in [0.5, 0.6) is 5.75 Å². The average molecular weight is 423 g/mol. The van der Waals surface area contributed by atoms with Gasteiger partial charge in [0.2, 0.25) is 0 Å². The number of hydrazone groups is 1. The molecule has 0 aliphatic carbocycles. The van der Waals surface area contributed by atoms with Gasteiger partial charge in [0.1, 0.15) is 17.4 Å². The molecule has 2 heterocycles. The normalized spacial score (nSPS) is 13.4. The predicted octanol–water partition coefficient (Wildman–Crippen LogP) is 3.38. The lowest BCUT2D eigenvalue weighted by atomic mass is 10.1. The Kier molecular flexibility index (Phi) is 5.37. The van der Waals surface area contributed by atoms with Crippen molar-refractivity contribution < 1.29 is 14.3 Å². The smallest absolute Gasteiger partial charge is 0.265 e. The first kappa shape index (κ1) is 19.8. The molecule has 1 N–H and O–H groups in total. The highest BCUT2D eigenvalue weighted by atomic mass is 35.5. The molecule has 0 saturated heterocycles. The van der Waals surface area contributed by atoms with E-state index >= 15 is 0 Å². The third kappa shape index (κ3) is 4.11. The van der Waals surface area contributed by atoms with Crippen LogP contribution in [0.3, 0.4) is 0 Å². The topological polar surface area (TPSA) is 83.9 Å². The first-order valence-electron chi connectivity index (χ1n) is 9.33. The number of hydrogen-bond donors (Lipinski definition) is 1. The molecule has 7 nitrogen and oxygen atoms in total. The third-order valence-corrected chi connectivity index (χ3v) is 5.01. The second-order valence-electron chi connectivity index (χ2n) is 7.10. The van der Waals surface area contributed by atoms with Gasteiger partial charge in [-0.15, -0.1) is 0 Å². The second-order valence-corrected chi connectivity index (χ2v) is 7.46. The minimum absolute atomic E-state index is 0.107. The van der Waals surface area contributed by atoms with Crippen molar-refractivity contribution in [2.75, 3.05) is 18.1 Å². The number of rotatable bonds is 4. The summed E-state index contributed by atoms with van der Waals surface area (Å²) in [6.45, 7) is 3.63. The zero-order chi connectivity index (χ0) is 21.3. The van der Waals surface area contributed by atoms with E-state index in [0.717, 1.165) is 22.0 Å². The maximum absolute atomic E-state index is 12.4. The molecule has 2 aromatic carbocycles. The number of aromatic nitrogens is 1. The molecule has 0 bridgehead atoms.